The van der Waals surface area contributed by atoms with Crippen LogP contribution in [0.2, 0.25) is 5.02 Å². The average Bonchev–Trinajstić information content (AvgIpc) is 3.03. The molecular weight excluding hydrogens is 459 g/mol. The van der Waals surface area contributed by atoms with Crippen LogP contribution in [0.25, 0.3) is 5.70 Å². The van der Waals surface area contributed by atoms with Crippen molar-refractivity contribution >= 4 is 39.1 Å². The molecule has 2 aliphatic heterocycles. The van der Waals surface area contributed by atoms with Crippen LogP contribution >= 0.6 is 27.5 Å². The number of nitrogens with zero attached hydrogens (tertiary/aromatic N) is 1. The van der Waals surface area contributed by atoms with Crippen LogP contribution in [0.15, 0.2) is 59.1 Å². The van der Waals surface area contributed by atoms with E-state index in [1.165, 1.54) is 6.08 Å². The van der Waals surface area contributed by atoms with Gasteiger partial charge in [-0.25, -0.2) is 5.43 Å². The molecule has 2 N–H and O–H groups in total. The second kappa shape index (κ2) is 7.09. The van der Waals surface area contributed by atoms with Crippen LogP contribution in [-0.2, 0) is 4.79 Å². The van der Waals surface area contributed by atoms with Crippen molar-refractivity contribution in [3.05, 3.63) is 75.2 Å². The van der Waals surface area contributed by atoms with Crippen LogP contribution < -0.4 is 10.7 Å². The van der Waals surface area contributed by atoms with Gasteiger partial charge in [-0.15, -0.1) is 0 Å². The summed E-state index contributed by atoms with van der Waals surface area (Å²) in [7, 11) is 0. The first-order chi connectivity index (χ1) is 13.3. The molecular formula is C19H14BrClF3N3O. The van der Waals surface area contributed by atoms with E-state index in [4.69, 9.17) is 11.6 Å². The van der Waals surface area contributed by atoms with Gasteiger partial charge < -0.3 is 5.32 Å². The van der Waals surface area contributed by atoms with Gasteiger partial charge in [0.15, 0.2) is 0 Å². The standard InChI is InChI=1S/C19H14BrClF3N3O/c20-13-4-2-1-3-12(13)14-9-15(28)27-18(25-14)16(17(26-27)19(22,23)24)10-5-7-11(21)8-6-10/h1-9,16-18,25-26H. The minimum Gasteiger partial charge on any atom is -0.363 e. The van der Waals surface area contributed by atoms with E-state index in [9.17, 15) is 18.0 Å². The number of carbonyl (C=O) groups excluding carboxylic acids is 1. The van der Waals surface area contributed by atoms with Crippen LogP contribution in [0.4, 0.5) is 13.2 Å². The van der Waals surface area contributed by atoms with E-state index in [0.717, 1.165) is 9.48 Å². The van der Waals surface area contributed by atoms with Crippen molar-refractivity contribution < 1.29 is 18.0 Å². The second-order valence-corrected chi connectivity index (χ2v) is 7.85. The molecule has 0 bridgehead atoms. The Morgan fingerprint density at radius 2 is 1.75 bits per heavy atom. The van der Waals surface area contributed by atoms with Crippen molar-refractivity contribution in [3.63, 3.8) is 0 Å². The van der Waals surface area contributed by atoms with Crippen molar-refractivity contribution in [1.82, 2.24) is 15.8 Å². The van der Waals surface area contributed by atoms with Gasteiger partial charge in [-0.05, 0) is 23.8 Å². The lowest BCUT2D eigenvalue weighted by Gasteiger charge is -2.33. The molecule has 4 rings (SSSR count). The van der Waals surface area contributed by atoms with E-state index in [1.807, 2.05) is 6.07 Å². The molecule has 1 amide bonds. The number of hydrazine groups is 1. The summed E-state index contributed by atoms with van der Waals surface area (Å²) in [4.78, 5) is 12.6. The van der Waals surface area contributed by atoms with E-state index in [1.54, 1.807) is 42.5 Å². The highest BCUT2D eigenvalue weighted by Gasteiger charge is 2.57. The lowest BCUT2D eigenvalue weighted by Crippen LogP contribution is -2.53. The fourth-order valence-corrected chi connectivity index (χ4v) is 4.20. The Labute approximate surface area is 172 Å². The van der Waals surface area contributed by atoms with Gasteiger partial charge in [0, 0.05) is 26.8 Å². The minimum atomic E-state index is -4.54. The van der Waals surface area contributed by atoms with E-state index in [-0.39, 0.29) is 0 Å². The highest BCUT2D eigenvalue weighted by atomic mass is 79.9. The average molecular weight is 473 g/mol. The predicted octanol–water partition coefficient (Wildman–Crippen LogP) is 4.43. The molecule has 28 heavy (non-hydrogen) atoms. The van der Waals surface area contributed by atoms with Gasteiger partial charge in [-0.1, -0.05) is 57.9 Å². The van der Waals surface area contributed by atoms with Gasteiger partial charge in [0.25, 0.3) is 5.91 Å². The second-order valence-electron chi connectivity index (χ2n) is 6.56. The third-order valence-corrected chi connectivity index (χ3v) is 5.78. The first-order valence-electron chi connectivity index (χ1n) is 8.40. The number of carbonyl (C=O) groups is 1. The molecule has 2 aromatic carbocycles. The SMILES string of the molecule is O=C1C=C(c2ccccc2Br)NC2C(c3ccc(Cl)cc3)C(C(F)(F)F)NN12. The predicted molar refractivity (Wildman–Crippen MR) is 103 cm³/mol. The fourth-order valence-electron chi connectivity index (χ4n) is 3.57. The summed E-state index contributed by atoms with van der Waals surface area (Å²) in [5.74, 6) is -1.59. The molecule has 0 aliphatic carbocycles. The van der Waals surface area contributed by atoms with E-state index in [0.29, 0.717) is 21.8 Å². The topological polar surface area (TPSA) is 44.4 Å². The number of rotatable bonds is 2. The van der Waals surface area contributed by atoms with Crippen LogP contribution in [0.1, 0.15) is 17.0 Å². The smallest absolute Gasteiger partial charge is 0.363 e. The zero-order valence-corrected chi connectivity index (χ0v) is 16.5. The zero-order chi connectivity index (χ0) is 20.1. The molecule has 146 valence electrons. The van der Waals surface area contributed by atoms with E-state index >= 15 is 0 Å². The van der Waals surface area contributed by atoms with Crippen LogP contribution in [0.3, 0.4) is 0 Å². The van der Waals surface area contributed by atoms with Crippen molar-refractivity contribution in [1.29, 1.82) is 0 Å². The summed E-state index contributed by atoms with van der Waals surface area (Å²) in [6.45, 7) is 0. The lowest BCUT2D eigenvalue weighted by molar-refractivity contribution is -0.161. The lowest BCUT2D eigenvalue weighted by atomic mass is 9.89. The van der Waals surface area contributed by atoms with Gasteiger partial charge in [-0.2, -0.15) is 13.2 Å². The van der Waals surface area contributed by atoms with Crippen LogP contribution in [0.5, 0.6) is 0 Å². The highest BCUT2D eigenvalue weighted by molar-refractivity contribution is 9.10. The van der Waals surface area contributed by atoms with E-state index in [2.05, 4.69) is 26.7 Å². The summed E-state index contributed by atoms with van der Waals surface area (Å²) in [6, 6.07) is 11.5. The maximum absolute atomic E-state index is 13.7. The maximum Gasteiger partial charge on any atom is 0.406 e. The monoisotopic (exact) mass is 471 g/mol. The Bertz CT molecular complexity index is 948. The Morgan fingerprint density at radius 3 is 2.39 bits per heavy atom. The summed E-state index contributed by atoms with van der Waals surface area (Å²) < 4.78 is 42.0. The number of alkyl halides is 3. The van der Waals surface area contributed by atoms with Crippen molar-refractivity contribution in [2.75, 3.05) is 0 Å². The van der Waals surface area contributed by atoms with Gasteiger partial charge in [0.05, 0.1) is 5.92 Å². The van der Waals surface area contributed by atoms with Gasteiger partial charge in [-0.3, -0.25) is 9.80 Å². The highest BCUT2D eigenvalue weighted by Crippen LogP contribution is 2.42. The van der Waals surface area contributed by atoms with Crippen LogP contribution in [0, 0.1) is 0 Å². The molecule has 0 radical (unpaired) electrons. The molecule has 0 aromatic heterocycles. The van der Waals surface area contributed by atoms with E-state index < -0.39 is 30.2 Å². The normalized spacial score (nSPS) is 24.6. The summed E-state index contributed by atoms with van der Waals surface area (Å²) in [6.07, 6.45) is -4.16. The molecule has 0 spiro atoms. The van der Waals surface area contributed by atoms with Gasteiger partial charge in [0.2, 0.25) is 0 Å². The zero-order valence-electron chi connectivity index (χ0n) is 14.2. The first-order valence-corrected chi connectivity index (χ1v) is 9.57. The Balaban J connectivity index is 1.76. The quantitative estimate of drug-likeness (QED) is 0.680. The Morgan fingerprint density at radius 1 is 1.07 bits per heavy atom. The molecule has 2 aliphatic rings. The molecule has 4 nitrogen and oxygen atoms in total. The number of hydrogen-bond acceptors (Lipinski definition) is 3. The summed E-state index contributed by atoms with van der Waals surface area (Å²) in [5, 5.41) is 4.55. The number of benzene rings is 2. The third-order valence-electron chi connectivity index (χ3n) is 4.84. The summed E-state index contributed by atoms with van der Waals surface area (Å²) >= 11 is 9.31. The molecule has 1 fully saturated rings. The number of hydrogen-bond donors (Lipinski definition) is 2. The van der Waals surface area contributed by atoms with Gasteiger partial charge >= 0.3 is 6.18 Å². The van der Waals surface area contributed by atoms with Crippen molar-refractivity contribution in [2.45, 2.75) is 24.3 Å². The summed E-state index contributed by atoms with van der Waals surface area (Å²) in [5.41, 5.74) is 3.93. The van der Waals surface area contributed by atoms with Gasteiger partial charge in [0.1, 0.15) is 12.2 Å². The molecule has 9 heteroatoms. The fraction of sp³-hybridized carbons (Fsp3) is 0.211. The number of nitrogens with one attached hydrogen (secondary N) is 2. The molecule has 1 saturated heterocycles. The molecule has 3 unspecified atom stereocenters. The molecule has 2 heterocycles. The third kappa shape index (κ3) is 3.40. The van der Waals surface area contributed by atoms with Crippen LogP contribution in [-0.4, -0.2) is 29.3 Å². The molecule has 2 aromatic rings. The molecule has 3 atom stereocenters. The largest absolute Gasteiger partial charge is 0.406 e. The Hall–Kier alpha value is -2.03. The first kappa shape index (κ1) is 19.3. The number of fused-ring (bicyclic) bond motifs is 1. The van der Waals surface area contributed by atoms with Crippen molar-refractivity contribution in [2.24, 2.45) is 0 Å². The number of amides is 1. The van der Waals surface area contributed by atoms with Crippen molar-refractivity contribution in [3.8, 4) is 0 Å². The maximum atomic E-state index is 13.7. The minimum absolute atomic E-state index is 0.427. The number of halogens is 5. The Kier molecular flexibility index (Phi) is 4.89. The molecule has 0 saturated carbocycles.